The molecule has 0 aliphatic heterocycles. The van der Waals surface area contributed by atoms with Crippen molar-refractivity contribution < 1.29 is 24.2 Å². The van der Waals surface area contributed by atoms with Crippen molar-refractivity contribution in [3.05, 3.63) is 59.7 Å². The Kier molecular flexibility index (Phi) is 6.94. The second kappa shape index (κ2) is 10.2. The summed E-state index contributed by atoms with van der Waals surface area (Å²) in [7, 11) is 0. The van der Waals surface area contributed by atoms with Crippen LogP contribution in [-0.2, 0) is 14.3 Å². The topological polar surface area (TPSA) is 105 Å². The fraction of sp³-hybridized carbons (Fsp3) is 0.346. The zero-order chi connectivity index (χ0) is 23.2. The first-order chi connectivity index (χ1) is 16.0. The van der Waals surface area contributed by atoms with E-state index in [4.69, 9.17) is 9.84 Å². The van der Waals surface area contributed by atoms with E-state index in [9.17, 15) is 14.4 Å². The summed E-state index contributed by atoms with van der Waals surface area (Å²) in [5.41, 5.74) is 4.60. The number of carboxylic acid groups (broad SMARTS) is 1. The molecule has 7 heteroatoms. The van der Waals surface area contributed by atoms with Crippen molar-refractivity contribution in [3.63, 3.8) is 0 Å². The first kappa shape index (κ1) is 22.4. The largest absolute Gasteiger partial charge is 0.481 e. The van der Waals surface area contributed by atoms with Crippen LogP contribution in [0.3, 0.4) is 0 Å². The van der Waals surface area contributed by atoms with Gasteiger partial charge in [0, 0.05) is 18.4 Å². The molecule has 0 saturated heterocycles. The number of ether oxygens (including phenoxy) is 1. The standard InChI is InChI=1S/C26H26N2O5/c29-24(28-18-12-11-17(14-18)15-25(30)31)10-5-13-27-26(32)33-16-23-21-8-3-1-6-19(21)20-7-2-4-9-22(20)23/h1-4,6-9,17-18,23H,11-16H2,(H,27,32)(H,28,29)(H,30,31)/t17-,18+/m1/s1. The maximum Gasteiger partial charge on any atom is 0.407 e. The molecule has 0 spiro atoms. The smallest absolute Gasteiger partial charge is 0.407 e. The fourth-order valence-corrected chi connectivity index (χ4v) is 4.75. The summed E-state index contributed by atoms with van der Waals surface area (Å²) in [5.74, 6) is 3.92. The minimum Gasteiger partial charge on any atom is -0.481 e. The van der Waals surface area contributed by atoms with Crippen LogP contribution in [0.4, 0.5) is 4.79 Å². The number of hydrogen-bond donors (Lipinski definition) is 3. The zero-order valence-electron chi connectivity index (χ0n) is 18.2. The number of aliphatic carboxylic acids is 1. The summed E-state index contributed by atoms with van der Waals surface area (Å²) >= 11 is 0. The van der Waals surface area contributed by atoms with Crippen molar-refractivity contribution >= 4 is 18.0 Å². The van der Waals surface area contributed by atoms with E-state index in [0.717, 1.165) is 35.1 Å². The predicted molar refractivity (Wildman–Crippen MR) is 122 cm³/mol. The lowest BCUT2D eigenvalue weighted by molar-refractivity contribution is -0.138. The monoisotopic (exact) mass is 446 g/mol. The third-order valence-corrected chi connectivity index (χ3v) is 6.21. The molecular formula is C26H26N2O5. The molecule has 0 unspecified atom stereocenters. The van der Waals surface area contributed by atoms with Crippen LogP contribution in [0, 0.1) is 17.8 Å². The van der Waals surface area contributed by atoms with Gasteiger partial charge in [-0.15, -0.1) is 0 Å². The van der Waals surface area contributed by atoms with E-state index in [0.29, 0.717) is 6.42 Å². The molecule has 0 heterocycles. The lowest BCUT2D eigenvalue weighted by Gasteiger charge is -2.14. The highest BCUT2D eigenvalue weighted by Crippen LogP contribution is 2.44. The maximum atomic E-state index is 12.1. The maximum absolute atomic E-state index is 12.1. The van der Waals surface area contributed by atoms with Gasteiger partial charge in [0.25, 0.3) is 5.91 Å². The van der Waals surface area contributed by atoms with E-state index in [1.807, 2.05) is 24.3 Å². The van der Waals surface area contributed by atoms with Gasteiger partial charge in [-0.25, -0.2) is 4.79 Å². The molecule has 2 atom stereocenters. The number of alkyl carbamates (subject to hydrolysis) is 1. The average Bonchev–Trinajstić information content (AvgIpc) is 3.36. The summed E-state index contributed by atoms with van der Waals surface area (Å²) in [5, 5.41) is 14.2. The molecule has 2 aliphatic carbocycles. The lowest BCUT2D eigenvalue weighted by atomic mass is 9.98. The van der Waals surface area contributed by atoms with Crippen LogP contribution < -0.4 is 10.6 Å². The first-order valence-electron chi connectivity index (χ1n) is 11.1. The third kappa shape index (κ3) is 5.53. The van der Waals surface area contributed by atoms with Gasteiger partial charge in [-0.3, -0.25) is 9.59 Å². The normalized spacial score (nSPS) is 18.4. The molecule has 3 N–H and O–H groups in total. The van der Waals surface area contributed by atoms with Crippen molar-refractivity contribution in [2.24, 2.45) is 5.92 Å². The second-order valence-corrected chi connectivity index (χ2v) is 8.43. The highest BCUT2D eigenvalue weighted by atomic mass is 16.5. The second-order valence-electron chi connectivity index (χ2n) is 8.43. The van der Waals surface area contributed by atoms with E-state index < -0.39 is 18.0 Å². The number of carbonyl (C=O) groups excluding carboxylic acids is 2. The number of hydrogen-bond acceptors (Lipinski definition) is 4. The molecule has 7 nitrogen and oxygen atoms in total. The van der Waals surface area contributed by atoms with Crippen molar-refractivity contribution in [1.29, 1.82) is 0 Å². The lowest BCUT2D eigenvalue weighted by Crippen LogP contribution is -2.32. The van der Waals surface area contributed by atoms with Crippen LogP contribution in [0.1, 0.15) is 42.7 Å². The Balaban J connectivity index is 1.21. The van der Waals surface area contributed by atoms with Crippen LogP contribution in [0.15, 0.2) is 48.5 Å². The van der Waals surface area contributed by atoms with Crippen molar-refractivity contribution in [1.82, 2.24) is 10.6 Å². The summed E-state index contributed by atoms with van der Waals surface area (Å²) in [4.78, 5) is 34.9. The van der Waals surface area contributed by atoms with E-state index in [1.165, 1.54) is 0 Å². The van der Waals surface area contributed by atoms with E-state index in [2.05, 4.69) is 46.7 Å². The van der Waals surface area contributed by atoms with Gasteiger partial charge in [0.2, 0.25) is 0 Å². The van der Waals surface area contributed by atoms with Gasteiger partial charge in [-0.05, 0) is 53.4 Å². The predicted octanol–water partition coefficient (Wildman–Crippen LogP) is 3.29. The van der Waals surface area contributed by atoms with Crippen molar-refractivity contribution in [3.8, 4) is 23.0 Å². The minimum atomic E-state index is -0.814. The Bertz CT molecular complexity index is 1070. The molecule has 1 fully saturated rings. The Labute approximate surface area is 192 Å². The van der Waals surface area contributed by atoms with Crippen LogP contribution in [-0.4, -0.2) is 42.3 Å². The van der Waals surface area contributed by atoms with Crippen LogP contribution in [0.2, 0.25) is 0 Å². The molecular weight excluding hydrogens is 420 g/mol. The quantitative estimate of drug-likeness (QED) is 0.591. The van der Waals surface area contributed by atoms with Gasteiger partial charge in [0.15, 0.2) is 0 Å². The third-order valence-electron chi connectivity index (χ3n) is 6.21. The van der Waals surface area contributed by atoms with Gasteiger partial charge < -0.3 is 20.5 Å². The SMILES string of the molecule is O=C(O)C[C@@H]1CC[C@H](NC(=O)C#CCNC(=O)OCC2c3ccccc3-c3ccccc32)C1. The van der Waals surface area contributed by atoms with Crippen LogP contribution >= 0.6 is 0 Å². The number of benzene rings is 2. The molecule has 0 bridgehead atoms. The van der Waals surface area contributed by atoms with E-state index in [1.54, 1.807) is 0 Å². The Morgan fingerprint density at radius 2 is 1.67 bits per heavy atom. The van der Waals surface area contributed by atoms with Crippen molar-refractivity contribution in [2.75, 3.05) is 13.2 Å². The number of rotatable bonds is 6. The van der Waals surface area contributed by atoms with Gasteiger partial charge in [0.05, 0.1) is 6.54 Å². The minimum absolute atomic E-state index is 0.00357. The van der Waals surface area contributed by atoms with Crippen LogP contribution in [0.5, 0.6) is 0 Å². The highest BCUT2D eigenvalue weighted by Gasteiger charge is 2.29. The zero-order valence-corrected chi connectivity index (χ0v) is 18.2. The molecule has 33 heavy (non-hydrogen) atoms. The molecule has 2 aromatic carbocycles. The van der Waals surface area contributed by atoms with Gasteiger partial charge in [0.1, 0.15) is 6.61 Å². The van der Waals surface area contributed by atoms with Gasteiger partial charge >= 0.3 is 12.1 Å². The van der Waals surface area contributed by atoms with Crippen LogP contribution in [0.25, 0.3) is 11.1 Å². The molecule has 0 aromatic heterocycles. The summed E-state index contributed by atoms with van der Waals surface area (Å²) in [6.07, 6.45) is 1.73. The average molecular weight is 447 g/mol. The molecule has 2 aromatic rings. The Hall–Kier alpha value is -3.79. The molecule has 2 amide bonds. The number of amides is 2. The van der Waals surface area contributed by atoms with E-state index in [-0.39, 0.29) is 37.5 Å². The highest BCUT2D eigenvalue weighted by molar-refractivity contribution is 5.93. The van der Waals surface area contributed by atoms with Crippen molar-refractivity contribution in [2.45, 2.75) is 37.6 Å². The van der Waals surface area contributed by atoms with Gasteiger partial charge in [-0.1, -0.05) is 54.5 Å². The van der Waals surface area contributed by atoms with E-state index >= 15 is 0 Å². The molecule has 1 saturated carbocycles. The first-order valence-corrected chi connectivity index (χ1v) is 11.1. The fourth-order valence-electron chi connectivity index (χ4n) is 4.75. The summed E-state index contributed by atoms with van der Waals surface area (Å²) in [6.45, 7) is 0.212. The molecule has 170 valence electrons. The number of fused-ring (bicyclic) bond motifs is 3. The summed E-state index contributed by atoms with van der Waals surface area (Å²) < 4.78 is 5.43. The molecule has 4 rings (SSSR count). The number of nitrogens with one attached hydrogen (secondary N) is 2. The number of carboxylic acids is 1. The molecule has 0 radical (unpaired) electrons. The Morgan fingerprint density at radius 3 is 2.33 bits per heavy atom. The number of carbonyl (C=O) groups is 3. The Morgan fingerprint density at radius 1 is 1.00 bits per heavy atom. The van der Waals surface area contributed by atoms with Gasteiger partial charge in [-0.2, -0.15) is 0 Å². The summed E-state index contributed by atoms with van der Waals surface area (Å²) in [6, 6.07) is 16.2. The molecule has 2 aliphatic rings.